The van der Waals surface area contributed by atoms with Crippen LogP contribution < -0.4 is 32.7 Å². The molecule has 3 aromatic carbocycles. The molecule has 17 nitrogen and oxygen atoms in total. The molecule has 5 rings (SSSR count). The molecule has 2 heterocycles. The number of nitrogens with two attached hydrogens (primary N) is 2. The summed E-state index contributed by atoms with van der Waals surface area (Å²) in [5.74, 6) is -2.18. The molecule has 0 saturated carbocycles. The average Bonchev–Trinajstić information content (AvgIpc) is 3.77. The molecule has 4 atom stereocenters. The summed E-state index contributed by atoms with van der Waals surface area (Å²) in [5, 5.41) is 11.1. The van der Waals surface area contributed by atoms with Gasteiger partial charge in [-0.1, -0.05) is 76.2 Å². The Morgan fingerprint density at radius 3 is 1.57 bits per heavy atom. The molecule has 0 radical (unpaired) electrons. The average molecular weight is 869 g/mol. The van der Waals surface area contributed by atoms with Crippen molar-refractivity contribution in [2.75, 3.05) is 62.6 Å². The van der Waals surface area contributed by atoms with Crippen LogP contribution >= 0.6 is 0 Å². The van der Waals surface area contributed by atoms with Crippen molar-refractivity contribution in [2.24, 2.45) is 11.8 Å². The SMILES string of the molecule is COC(=O)N[C@H](C(=O)N1CCOCC/C=C/CC1C(=O)Nc1cc(-c2ccc(-c3ccc(N)c(NC(=O)[C@@H]4CCCN4C(=O)[C@@H](NC(=O)OC)C(C)C)c3)cc2)ccc1N)C(C)C. The third-order valence-corrected chi connectivity index (χ3v) is 11.2. The number of methoxy groups -OCH3 is 2. The van der Waals surface area contributed by atoms with Crippen LogP contribution in [0.1, 0.15) is 53.4 Å². The number of likely N-dealkylation sites (tertiary alicyclic amines) is 1. The molecule has 63 heavy (non-hydrogen) atoms. The van der Waals surface area contributed by atoms with E-state index in [0.29, 0.717) is 55.2 Å². The van der Waals surface area contributed by atoms with Crippen molar-refractivity contribution >= 4 is 58.6 Å². The molecule has 1 saturated heterocycles. The summed E-state index contributed by atoms with van der Waals surface area (Å²) < 4.78 is 15.2. The Bertz CT molecular complexity index is 2160. The van der Waals surface area contributed by atoms with Crippen LogP contribution in [0, 0.1) is 11.8 Å². The molecule has 2 aliphatic rings. The van der Waals surface area contributed by atoms with Crippen molar-refractivity contribution in [3.8, 4) is 22.3 Å². The molecule has 338 valence electrons. The van der Waals surface area contributed by atoms with Crippen LogP contribution in [-0.2, 0) is 33.4 Å². The van der Waals surface area contributed by atoms with Gasteiger partial charge in [0.05, 0.1) is 50.2 Å². The second kappa shape index (κ2) is 21.9. The highest BCUT2D eigenvalue weighted by molar-refractivity contribution is 6.02. The van der Waals surface area contributed by atoms with E-state index < -0.39 is 48.2 Å². The van der Waals surface area contributed by atoms with Gasteiger partial charge in [0.25, 0.3) is 0 Å². The van der Waals surface area contributed by atoms with Crippen molar-refractivity contribution in [2.45, 2.75) is 77.5 Å². The first-order valence-corrected chi connectivity index (χ1v) is 21.2. The maximum absolute atomic E-state index is 14.1. The molecule has 0 aliphatic carbocycles. The van der Waals surface area contributed by atoms with Crippen molar-refractivity contribution in [1.29, 1.82) is 0 Å². The van der Waals surface area contributed by atoms with Crippen LogP contribution in [0.5, 0.6) is 0 Å². The zero-order valence-electron chi connectivity index (χ0n) is 36.8. The van der Waals surface area contributed by atoms with Gasteiger partial charge in [-0.05, 0) is 84.0 Å². The number of hydrogen-bond donors (Lipinski definition) is 6. The van der Waals surface area contributed by atoms with Crippen molar-refractivity contribution in [3.63, 3.8) is 0 Å². The monoisotopic (exact) mass is 868 g/mol. The molecular formula is C46H60N8O9. The van der Waals surface area contributed by atoms with Gasteiger partial charge in [-0.2, -0.15) is 0 Å². The first-order chi connectivity index (χ1) is 30.1. The van der Waals surface area contributed by atoms with E-state index in [9.17, 15) is 28.8 Å². The Kier molecular flexibility index (Phi) is 16.5. The molecule has 8 N–H and O–H groups in total. The molecule has 17 heteroatoms. The van der Waals surface area contributed by atoms with E-state index in [1.807, 2.05) is 62.4 Å². The number of carbonyl (C=O) groups is 6. The number of rotatable bonds is 12. The van der Waals surface area contributed by atoms with Gasteiger partial charge in [0.1, 0.15) is 24.2 Å². The lowest BCUT2D eigenvalue weighted by Gasteiger charge is -2.35. The third kappa shape index (κ3) is 12.1. The van der Waals surface area contributed by atoms with Crippen molar-refractivity contribution < 1.29 is 43.0 Å². The summed E-state index contributed by atoms with van der Waals surface area (Å²) in [6, 6.07) is 14.8. The van der Waals surface area contributed by atoms with Gasteiger partial charge in [0.15, 0.2) is 0 Å². The highest BCUT2D eigenvalue weighted by Crippen LogP contribution is 2.33. The predicted molar refractivity (Wildman–Crippen MR) is 241 cm³/mol. The fraction of sp³-hybridized carbons (Fsp3) is 0.435. The first kappa shape index (κ1) is 47.4. The Balaban J connectivity index is 1.32. The van der Waals surface area contributed by atoms with E-state index in [2.05, 4.69) is 21.3 Å². The first-order valence-electron chi connectivity index (χ1n) is 21.2. The molecule has 0 spiro atoms. The second-order valence-corrected chi connectivity index (χ2v) is 16.2. The summed E-state index contributed by atoms with van der Waals surface area (Å²) in [7, 11) is 2.45. The number of nitrogens with zero attached hydrogens (tertiary/aromatic N) is 2. The second-order valence-electron chi connectivity index (χ2n) is 16.2. The topological polar surface area (TPSA) is 237 Å². The summed E-state index contributed by atoms with van der Waals surface area (Å²) >= 11 is 0. The van der Waals surface area contributed by atoms with Gasteiger partial charge in [0.2, 0.25) is 23.6 Å². The number of carbonyl (C=O) groups excluding carboxylic acids is 6. The lowest BCUT2D eigenvalue weighted by molar-refractivity contribution is -0.142. The molecule has 6 amide bonds. The Labute approximate surface area is 368 Å². The van der Waals surface area contributed by atoms with Crippen LogP contribution in [0.25, 0.3) is 22.3 Å². The summed E-state index contributed by atoms with van der Waals surface area (Å²) in [6.45, 7) is 8.38. The van der Waals surface area contributed by atoms with Gasteiger partial charge in [-0.3, -0.25) is 19.2 Å². The van der Waals surface area contributed by atoms with Crippen LogP contribution in [0.2, 0.25) is 0 Å². The number of nitrogen functional groups attached to an aromatic ring is 2. The van der Waals surface area contributed by atoms with Crippen LogP contribution in [0.3, 0.4) is 0 Å². The van der Waals surface area contributed by atoms with E-state index in [-0.39, 0.29) is 43.2 Å². The quantitative estimate of drug-likeness (QED) is 0.0999. The maximum atomic E-state index is 14.1. The minimum atomic E-state index is -0.948. The number of amides is 6. The molecule has 1 unspecified atom stereocenters. The molecule has 1 fully saturated rings. The molecule has 0 bridgehead atoms. The normalized spacial score (nSPS) is 18.2. The van der Waals surface area contributed by atoms with Gasteiger partial charge in [-0.25, -0.2) is 9.59 Å². The highest BCUT2D eigenvalue weighted by atomic mass is 16.5. The lowest BCUT2D eigenvalue weighted by atomic mass is 9.98. The number of hydrogen-bond acceptors (Lipinski definition) is 11. The molecule has 0 aromatic heterocycles. The van der Waals surface area contributed by atoms with Crippen molar-refractivity contribution in [1.82, 2.24) is 20.4 Å². The fourth-order valence-corrected chi connectivity index (χ4v) is 7.59. The smallest absolute Gasteiger partial charge is 0.407 e. The zero-order chi connectivity index (χ0) is 45.8. The molecule has 2 aliphatic heterocycles. The predicted octanol–water partition coefficient (Wildman–Crippen LogP) is 5.38. The van der Waals surface area contributed by atoms with E-state index in [0.717, 1.165) is 22.3 Å². The number of anilines is 4. The zero-order valence-corrected chi connectivity index (χ0v) is 36.8. The van der Waals surface area contributed by atoms with Gasteiger partial charge >= 0.3 is 12.2 Å². The van der Waals surface area contributed by atoms with E-state index in [1.165, 1.54) is 24.0 Å². The van der Waals surface area contributed by atoms with Crippen LogP contribution in [0.4, 0.5) is 32.3 Å². The summed E-state index contributed by atoms with van der Waals surface area (Å²) in [5.41, 5.74) is 17.4. The highest BCUT2D eigenvalue weighted by Gasteiger charge is 2.39. The van der Waals surface area contributed by atoms with Crippen LogP contribution in [-0.4, -0.2) is 110 Å². The minimum absolute atomic E-state index is 0.122. The third-order valence-electron chi connectivity index (χ3n) is 11.2. The standard InChI is InChI=1S/C46H60N8O9/c1-27(2)39(51-45(59)61-5)43(57)53-21-10-12-38(53)42(56)50-36-26-32(18-20-34(36)48)30-15-13-29(14-16-30)31-17-19-33(47)35(25-31)49-41(55)37-11-8-7-9-23-63-24-22-54(37)44(58)40(28(3)4)52-46(60)62-6/h7-8,13-20,25-28,37-40H,9-12,21-24,47-48H2,1-6H3,(H,49,55)(H,50,56)(H,51,59)(H,52,60)/b8-7+/t37?,38-,39-,40-/m0/s1. The van der Waals surface area contributed by atoms with Crippen molar-refractivity contribution in [3.05, 3.63) is 72.8 Å². The molecule has 3 aromatic rings. The van der Waals surface area contributed by atoms with Gasteiger partial charge < -0.3 is 56.7 Å². The molecular weight excluding hydrogens is 809 g/mol. The largest absolute Gasteiger partial charge is 0.453 e. The number of ether oxygens (including phenoxy) is 3. The Hall–Kier alpha value is -6.62. The van der Waals surface area contributed by atoms with Crippen LogP contribution in [0.15, 0.2) is 72.8 Å². The van der Waals surface area contributed by atoms with E-state index in [4.69, 9.17) is 25.7 Å². The maximum Gasteiger partial charge on any atom is 0.407 e. The summed E-state index contributed by atoms with van der Waals surface area (Å²) in [6.07, 6.45) is 4.25. The number of nitrogens with one attached hydrogen (secondary N) is 4. The Morgan fingerprint density at radius 2 is 1.10 bits per heavy atom. The lowest BCUT2D eigenvalue weighted by Crippen LogP contribution is -2.57. The summed E-state index contributed by atoms with van der Waals surface area (Å²) in [4.78, 5) is 82.4. The van der Waals surface area contributed by atoms with Gasteiger partial charge in [-0.15, -0.1) is 0 Å². The minimum Gasteiger partial charge on any atom is -0.453 e. The number of benzene rings is 3. The van der Waals surface area contributed by atoms with Gasteiger partial charge in [0, 0.05) is 13.1 Å². The van der Waals surface area contributed by atoms with E-state index in [1.54, 1.807) is 38.1 Å². The fourth-order valence-electron chi connectivity index (χ4n) is 7.59. The van der Waals surface area contributed by atoms with E-state index >= 15 is 0 Å². The Morgan fingerprint density at radius 1 is 0.635 bits per heavy atom. The number of alkyl carbamates (subject to hydrolysis) is 2.